The minimum Gasteiger partial charge on any atom is -0.398 e. The third-order valence-corrected chi connectivity index (χ3v) is 3.54. The number of benzene rings is 1. The van der Waals surface area contributed by atoms with Crippen molar-refractivity contribution in [1.82, 2.24) is 9.94 Å². The summed E-state index contributed by atoms with van der Waals surface area (Å²) in [5.41, 5.74) is 1.00. The van der Waals surface area contributed by atoms with E-state index in [-0.39, 0.29) is 11.9 Å². The summed E-state index contributed by atoms with van der Waals surface area (Å²) in [4.78, 5) is 8.91. The molecule has 1 aromatic carbocycles. The summed E-state index contributed by atoms with van der Waals surface area (Å²) in [6, 6.07) is 8.91. The molecule has 5 heteroatoms. The van der Waals surface area contributed by atoms with Crippen molar-refractivity contribution in [2.75, 3.05) is 18.6 Å². The Morgan fingerprint density at radius 3 is 3.05 bits per heavy atom. The summed E-state index contributed by atoms with van der Waals surface area (Å²) in [5, 5.41) is 4.10. The first-order chi connectivity index (χ1) is 9.29. The number of nitrogens with zero attached hydrogens (tertiary/aromatic N) is 3. The monoisotopic (exact) mass is 261 g/mol. The zero-order valence-electron chi connectivity index (χ0n) is 10.8. The van der Waals surface area contributed by atoms with Crippen molar-refractivity contribution >= 4 is 5.82 Å². The van der Waals surface area contributed by atoms with E-state index in [0.717, 1.165) is 30.8 Å². The third kappa shape index (κ3) is 2.16. The topological polar surface area (TPSA) is 30.3 Å². The van der Waals surface area contributed by atoms with E-state index in [1.807, 2.05) is 12.1 Å². The van der Waals surface area contributed by atoms with Gasteiger partial charge in [0.2, 0.25) is 0 Å². The van der Waals surface area contributed by atoms with Gasteiger partial charge in [-0.25, -0.2) is 4.39 Å². The second-order valence-corrected chi connectivity index (χ2v) is 4.65. The van der Waals surface area contributed by atoms with Gasteiger partial charge < -0.3 is 9.74 Å². The van der Waals surface area contributed by atoms with Gasteiger partial charge in [-0.3, -0.25) is 0 Å². The van der Waals surface area contributed by atoms with E-state index in [1.165, 1.54) is 10.9 Å². The molecule has 1 saturated heterocycles. The SMILES string of the molecule is COn1nccc1N1CCC[C@@H]1c1cccc(F)c1. The van der Waals surface area contributed by atoms with Crippen molar-refractivity contribution < 1.29 is 9.23 Å². The molecular weight excluding hydrogens is 245 g/mol. The fourth-order valence-electron chi connectivity index (χ4n) is 2.73. The van der Waals surface area contributed by atoms with Gasteiger partial charge in [-0.05, 0) is 30.5 Å². The van der Waals surface area contributed by atoms with Gasteiger partial charge in [0.1, 0.15) is 12.9 Å². The van der Waals surface area contributed by atoms with Crippen LogP contribution in [0.25, 0.3) is 0 Å². The number of hydrogen-bond donors (Lipinski definition) is 0. The Morgan fingerprint density at radius 2 is 2.26 bits per heavy atom. The van der Waals surface area contributed by atoms with Crippen LogP contribution in [0, 0.1) is 5.82 Å². The predicted molar refractivity (Wildman–Crippen MR) is 70.5 cm³/mol. The van der Waals surface area contributed by atoms with Gasteiger partial charge in [0.05, 0.1) is 12.2 Å². The van der Waals surface area contributed by atoms with Crippen LogP contribution in [0.5, 0.6) is 0 Å². The van der Waals surface area contributed by atoms with Crippen LogP contribution in [-0.2, 0) is 0 Å². The Balaban J connectivity index is 1.94. The number of rotatable bonds is 3. The minimum atomic E-state index is -0.190. The molecule has 0 amide bonds. The normalized spacial score (nSPS) is 18.8. The second kappa shape index (κ2) is 4.91. The molecular formula is C14H16FN3O. The summed E-state index contributed by atoms with van der Waals surface area (Å²) in [6.07, 6.45) is 3.80. The van der Waals surface area contributed by atoms with Crippen LogP contribution in [0.3, 0.4) is 0 Å². The van der Waals surface area contributed by atoms with Crippen molar-refractivity contribution in [1.29, 1.82) is 0 Å². The van der Waals surface area contributed by atoms with Crippen LogP contribution in [0.15, 0.2) is 36.5 Å². The molecule has 100 valence electrons. The molecule has 2 aromatic rings. The largest absolute Gasteiger partial charge is 0.398 e. The van der Waals surface area contributed by atoms with Crippen LogP contribution in [0.4, 0.5) is 10.2 Å². The molecule has 0 radical (unpaired) electrons. The molecule has 1 fully saturated rings. The van der Waals surface area contributed by atoms with E-state index in [9.17, 15) is 4.39 Å². The zero-order valence-corrected chi connectivity index (χ0v) is 10.8. The van der Waals surface area contributed by atoms with Crippen molar-refractivity contribution in [2.45, 2.75) is 18.9 Å². The van der Waals surface area contributed by atoms with Crippen LogP contribution < -0.4 is 9.74 Å². The van der Waals surface area contributed by atoms with Crippen molar-refractivity contribution in [2.24, 2.45) is 0 Å². The molecule has 0 N–H and O–H groups in total. The average molecular weight is 261 g/mol. The number of aromatic nitrogens is 2. The lowest BCUT2D eigenvalue weighted by Crippen LogP contribution is -2.27. The highest BCUT2D eigenvalue weighted by molar-refractivity contribution is 5.43. The lowest BCUT2D eigenvalue weighted by Gasteiger charge is -2.26. The summed E-state index contributed by atoms with van der Waals surface area (Å²) in [7, 11) is 1.59. The molecule has 0 saturated carbocycles. The van der Waals surface area contributed by atoms with Gasteiger partial charge in [0.25, 0.3) is 0 Å². The molecule has 1 aliphatic heterocycles. The third-order valence-electron chi connectivity index (χ3n) is 3.54. The van der Waals surface area contributed by atoms with E-state index < -0.39 is 0 Å². The first-order valence-electron chi connectivity index (χ1n) is 6.40. The molecule has 0 bridgehead atoms. The van der Waals surface area contributed by atoms with E-state index >= 15 is 0 Å². The minimum absolute atomic E-state index is 0.182. The molecule has 4 nitrogen and oxygen atoms in total. The van der Waals surface area contributed by atoms with E-state index in [1.54, 1.807) is 25.4 Å². The molecule has 1 aliphatic rings. The van der Waals surface area contributed by atoms with Crippen LogP contribution >= 0.6 is 0 Å². The van der Waals surface area contributed by atoms with E-state index in [0.29, 0.717) is 0 Å². The molecule has 1 aromatic heterocycles. The van der Waals surface area contributed by atoms with E-state index in [2.05, 4.69) is 10.00 Å². The number of halogens is 1. The van der Waals surface area contributed by atoms with Gasteiger partial charge >= 0.3 is 0 Å². The van der Waals surface area contributed by atoms with Gasteiger partial charge in [-0.1, -0.05) is 17.0 Å². The molecule has 0 spiro atoms. The molecule has 1 atom stereocenters. The lowest BCUT2D eigenvalue weighted by molar-refractivity contribution is 0.136. The van der Waals surface area contributed by atoms with Gasteiger partial charge in [-0.2, -0.15) is 0 Å². The van der Waals surface area contributed by atoms with Crippen molar-refractivity contribution in [3.63, 3.8) is 0 Å². The van der Waals surface area contributed by atoms with Gasteiger partial charge in [0.15, 0.2) is 5.82 Å². The Bertz CT molecular complexity index is 569. The predicted octanol–water partition coefficient (Wildman–Crippen LogP) is 2.42. The van der Waals surface area contributed by atoms with Gasteiger partial charge in [-0.15, -0.1) is 5.10 Å². The fourth-order valence-corrected chi connectivity index (χ4v) is 2.73. The Morgan fingerprint density at radius 1 is 1.37 bits per heavy atom. The smallest absolute Gasteiger partial charge is 0.168 e. The molecule has 2 heterocycles. The Labute approximate surface area is 111 Å². The molecule has 0 aliphatic carbocycles. The summed E-state index contributed by atoms with van der Waals surface area (Å²) < 4.78 is 13.4. The summed E-state index contributed by atoms with van der Waals surface area (Å²) in [6.45, 7) is 0.927. The summed E-state index contributed by atoms with van der Waals surface area (Å²) >= 11 is 0. The molecule has 3 rings (SSSR count). The van der Waals surface area contributed by atoms with Crippen molar-refractivity contribution in [3.8, 4) is 0 Å². The maximum atomic E-state index is 13.4. The quantitative estimate of drug-likeness (QED) is 0.850. The summed E-state index contributed by atoms with van der Waals surface area (Å²) in [5.74, 6) is 0.721. The Kier molecular flexibility index (Phi) is 3.11. The fraction of sp³-hybridized carbons (Fsp3) is 0.357. The first kappa shape index (κ1) is 12.0. The maximum Gasteiger partial charge on any atom is 0.168 e. The Hall–Kier alpha value is -2.04. The van der Waals surface area contributed by atoms with Crippen LogP contribution in [0.2, 0.25) is 0 Å². The lowest BCUT2D eigenvalue weighted by atomic mass is 10.0. The van der Waals surface area contributed by atoms with Crippen LogP contribution in [-0.4, -0.2) is 23.6 Å². The first-order valence-corrected chi connectivity index (χ1v) is 6.40. The standard InChI is InChI=1S/C14H16FN3O/c1-19-18-14(7-8-16-18)17-9-3-6-13(17)11-4-2-5-12(15)10-11/h2,4-5,7-8,10,13H,3,6,9H2,1H3/t13-/m1/s1. The zero-order chi connectivity index (χ0) is 13.2. The second-order valence-electron chi connectivity index (χ2n) is 4.65. The van der Waals surface area contributed by atoms with Gasteiger partial charge in [0, 0.05) is 12.6 Å². The highest BCUT2D eigenvalue weighted by atomic mass is 19.1. The molecule has 0 unspecified atom stereocenters. The highest BCUT2D eigenvalue weighted by Crippen LogP contribution is 2.35. The van der Waals surface area contributed by atoms with Crippen molar-refractivity contribution in [3.05, 3.63) is 47.9 Å². The average Bonchev–Trinajstić information content (AvgIpc) is 3.06. The maximum absolute atomic E-state index is 13.4. The molecule has 19 heavy (non-hydrogen) atoms. The number of anilines is 1. The van der Waals surface area contributed by atoms with E-state index in [4.69, 9.17) is 4.84 Å². The number of hydrogen-bond acceptors (Lipinski definition) is 3. The van der Waals surface area contributed by atoms with Crippen LogP contribution in [0.1, 0.15) is 24.4 Å². The highest BCUT2D eigenvalue weighted by Gasteiger charge is 2.28.